The predicted octanol–water partition coefficient (Wildman–Crippen LogP) is 2.27. The van der Waals surface area contributed by atoms with Crippen LogP contribution in [0.3, 0.4) is 0 Å². The Morgan fingerprint density at radius 1 is 1.42 bits per heavy atom. The second-order valence-corrected chi connectivity index (χ2v) is 4.31. The zero-order valence-corrected chi connectivity index (χ0v) is 10.6. The van der Waals surface area contributed by atoms with Gasteiger partial charge in [-0.1, -0.05) is 0 Å². The van der Waals surface area contributed by atoms with Gasteiger partial charge in [0.15, 0.2) is 0 Å². The molecule has 1 atom stereocenters. The zero-order chi connectivity index (χ0) is 13.5. The Morgan fingerprint density at radius 2 is 2.32 bits per heavy atom. The van der Waals surface area contributed by atoms with Crippen molar-refractivity contribution in [2.75, 3.05) is 26.4 Å². The summed E-state index contributed by atoms with van der Waals surface area (Å²) in [7, 11) is 0. The molecule has 1 aromatic rings. The lowest BCUT2D eigenvalue weighted by molar-refractivity contribution is 0.00851. The number of nitrogens with zero attached hydrogens (tertiary/aromatic N) is 1. The SMILES string of the molecule is N#Cc1ccc(OCCOC[C@@H]2CCCO2)cc1F. The van der Waals surface area contributed by atoms with Crippen molar-refractivity contribution in [3.63, 3.8) is 0 Å². The van der Waals surface area contributed by atoms with Crippen molar-refractivity contribution in [2.24, 2.45) is 0 Å². The lowest BCUT2D eigenvalue weighted by Crippen LogP contribution is -2.17. The summed E-state index contributed by atoms with van der Waals surface area (Å²) >= 11 is 0. The van der Waals surface area contributed by atoms with Gasteiger partial charge in [-0.25, -0.2) is 4.39 Å². The molecule has 0 saturated carbocycles. The first kappa shape index (κ1) is 13.8. The fourth-order valence-electron chi connectivity index (χ4n) is 1.89. The van der Waals surface area contributed by atoms with Gasteiger partial charge in [0.05, 0.1) is 24.9 Å². The molecule has 1 aliphatic heterocycles. The zero-order valence-electron chi connectivity index (χ0n) is 10.6. The normalized spacial score (nSPS) is 18.2. The second kappa shape index (κ2) is 7.07. The van der Waals surface area contributed by atoms with E-state index in [1.165, 1.54) is 12.1 Å². The highest BCUT2D eigenvalue weighted by Crippen LogP contribution is 2.16. The first-order valence-corrected chi connectivity index (χ1v) is 6.31. The number of benzene rings is 1. The van der Waals surface area contributed by atoms with Gasteiger partial charge in [0.1, 0.15) is 24.2 Å². The van der Waals surface area contributed by atoms with E-state index in [4.69, 9.17) is 19.5 Å². The van der Waals surface area contributed by atoms with Crippen LogP contribution in [0.5, 0.6) is 5.75 Å². The third-order valence-corrected chi connectivity index (χ3v) is 2.89. The molecule has 0 N–H and O–H groups in total. The smallest absolute Gasteiger partial charge is 0.144 e. The average molecular weight is 265 g/mol. The molecule has 0 aliphatic carbocycles. The van der Waals surface area contributed by atoms with Gasteiger partial charge in [-0.15, -0.1) is 0 Å². The highest BCUT2D eigenvalue weighted by molar-refractivity contribution is 5.36. The predicted molar refractivity (Wildman–Crippen MR) is 66.4 cm³/mol. The highest BCUT2D eigenvalue weighted by Gasteiger charge is 2.14. The molecule has 1 aliphatic rings. The number of hydrogen-bond donors (Lipinski definition) is 0. The number of rotatable bonds is 6. The van der Waals surface area contributed by atoms with Crippen molar-refractivity contribution in [1.29, 1.82) is 5.26 Å². The van der Waals surface area contributed by atoms with Gasteiger partial charge in [0.25, 0.3) is 0 Å². The van der Waals surface area contributed by atoms with Crippen LogP contribution < -0.4 is 4.74 Å². The molecule has 0 bridgehead atoms. The van der Waals surface area contributed by atoms with Crippen molar-refractivity contribution in [1.82, 2.24) is 0 Å². The summed E-state index contributed by atoms with van der Waals surface area (Å²) in [5, 5.41) is 8.60. The van der Waals surface area contributed by atoms with Crippen LogP contribution in [0.4, 0.5) is 4.39 Å². The molecule has 1 saturated heterocycles. The molecule has 1 aromatic carbocycles. The van der Waals surface area contributed by atoms with E-state index in [9.17, 15) is 4.39 Å². The molecule has 1 heterocycles. The Balaban J connectivity index is 1.65. The maximum Gasteiger partial charge on any atom is 0.144 e. The Labute approximate surface area is 111 Å². The van der Waals surface area contributed by atoms with Crippen molar-refractivity contribution < 1.29 is 18.6 Å². The fourth-order valence-corrected chi connectivity index (χ4v) is 1.89. The van der Waals surface area contributed by atoms with Crippen LogP contribution in [-0.4, -0.2) is 32.5 Å². The summed E-state index contributed by atoms with van der Waals surface area (Å²) in [5.41, 5.74) is 0.0157. The van der Waals surface area contributed by atoms with Crippen molar-refractivity contribution in [3.05, 3.63) is 29.6 Å². The molecule has 1 fully saturated rings. The van der Waals surface area contributed by atoms with E-state index < -0.39 is 5.82 Å². The molecule has 0 aromatic heterocycles. The van der Waals surface area contributed by atoms with Crippen LogP contribution in [0.2, 0.25) is 0 Å². The summed E-state index contributed by atoms with van der Waals surface area (Å²) in [4.78, 5) is 0. The first-order chi connectivity index (χ1) is 9.29. The maximum atomic E-state index is 13.3. The third-order valence-electron chi connectivity index (χ3n) is 2.89. The Kier molecular flexibility index (Phi) is 5.13. The van der Waals surface area contributed by atoms with E-state index in [1.54, 1.807) is 12.1 Å². The van der Waals surface area contributed by atoms with E-state index in [2.05, 4.69) is 0 Å². The molecule has 2 rings (SSSR count). The molecule has 4 nitrogen and oxygen atoms in total. The minimum atomic E-state index is -0.569. The van der Waals surface area contributed by atoms with Crippen molar-refractivity contribution >= 4 is 0 Å². The Morgan fingerprint density at radius 3 is 3.00 bits per heavy atom. The fraction of sp³-hybridized carbons (Fsp3) is 0.500. The summed E-state index contributed by atoms with van der Waals surface area (Å²) in [6, 6.07) is 5.94. The monoisotopic (exact) mass is 265 g/mol. The molecule has 19 heavy (non-hydrogen) atoms. The quantitative estimate of drug-likeness (QED) is 0.740. The molecule has 0 amide bonds. The molecule has 0 spiro atoms. The maximum absolute atomic E-state index is 13.3. The van der Waals surface area contributed by atoms with Gasteiger partial charge in [-0.05, 0) is 25.0 Å². The average Bonchev–Trinajstić information content (AvgIpc) is 2.92. The van der Waals surface area contributed by atoms with Crippen LogP contribution in [0.15, 0.2) is 18.2 Å². The van der Waals surface area contributed by atoms with Crippen molar-refractivity contribution in [3.8, 4) is 11.8 Å². The van der Waals surface area contributed by atoms with E-state index in [-0.39, 0.29) is 11.7 Å². The first-order valence-electron chi connectivity index (χ1n) is 6.31. The summed E-state index contributed by atoms with van der Waals surface area (Å²) in [5.74, 6) is -0.169. The lowest BCUT2D eigenvalue weighted by Gasteiger charge is -2.11. The molecule has 0 unspecified atom stereocenters. The van der Waals surface area contributed by atoms with Gasteiger partial charge >= 0.3 is 0 Å². The van der Waals surface area contributed by atoms with Crippen LogP contribution >= 0.6 is 0 Å². The standard InChI is InChI=1S/C14H16FNO3/c15-14-8-12(4-3-11(14)9-16)19-7-6-17-10-13-2-1-5-18-13/h3-4,8,13H,1-2,5-7,10H2/t13-/m0/s1. The molecular weight excluding hydrogens is 249 g/mol. The number of ether oxygens (including phenoxy) is 3. The number of hydrogen-bond acceptors (Lipinski definition) is 4. The largest absolute Gasteiger partial charge is 0.491 e. The van der Waals surface area contributed by atoms with Gasteiger partial charge in [0.2, 0.25) is 0 Å². The molecular formula is C14H16FNO3. The van der Waals surface area contributed by atoms with E-state index in [0.717, 1.165) is 19.4 Å². The van der Waals surface area contributed by atoms with Crippen LogP contribution in [-0.2, 0) is 9.47 Å². The topological polar surface area (TPSA) is 51.5 Å². The lowest BCUT2D eigenvalue weighted by atomic mass is 10.2. The third kappa shape index (κ3) is 4.19. The second-order valence-electron chi connectivity index (χ2n) is 4.31. The van der Waals surface area contributed by atoms with E-state index >= 15 is 0 Å². The minimum Gasteiger partial charge on any atom is -0.491 e. The van der Waals surface area contributed by atoms with Gasteiger partial charge in [-0.2, -0.15) is 5.26 Å². The number of nitriles is 1. The van der Waals surface area contributed by atoms with E-state index in [0.29, 0.717) is 25.6 Å². The van der Waals surface area contributed by atoms with Gasteiger partial charge < -0.3 is 14.2 Å². The van der Waals surface area contributed by atoms with Gasteiger partial charge in [0, 0.05) is 12.7 Å². The van der Waals surface area contributed by atoms with Gasteiger partial charge in [-0.3, -0.25) is 0 Å². The van der Waals surface area contributed by atoms with E-state index in [1.807, 2.05) is 0 Å². The van der Waals surface area contributed by atoms with Crippen LogP contribution in [0, 0.1) is 17.1 Å². The number of halogens is 1. The summed E-state index contributed by atoms with van der Waals surface area (Å²) < 4.78 is 29.4. The Hall–Kier alpha value is -1.64. The summed E-state index contributed by atoms with van der Waals surface area (Å²) in [6.45, 7) is 2.17. The highest BCUT2D eigenvalue weighted by atomic mass is 19.1. The molecule has 102 valence electrons. The molecule has 0 radical (unpaired) electrons. The summed E-state index contributed by atoms with van der Waals surface area (Å²) in [6.07, 6.45) is 2.34. The van der Waals surface area contributed by atoms with Crippen LogP contribution in [0.25, 0.3) is 0 Å². The molecule has 5 heteroatoms. The van der Waals surface area contributed by atoms with Crippen molar-refractivity contribution in [2.45, 2.75) is 18.9 Å². The van der Waals surface area contributed by atoms with Crippen LogP contribution in [0.1, 0.15) is 18.4 Å². The Bertz CT molecular complexity index is 452. The minimum absolute atomic E-state index is 0.0157.